The molecule has 1 aliphatic heterocycles. The van der Waals surface area contributed by atoms with Crippen molar-refractivity contribution in [1.82, 2.24) is 4.98 Å². The van der Waals surface area contributed by atoms with Crippen molar-refractivity contribution >= 4 is 11.5 Å². The topological polar surface area (TPSA) is 81.8 Å². The molecule has 6 nitrogen and oxygen atoms in total. The van der Waals surface area contributed by atoms with E-state index in [0.717, 1.165) is 31.9 Å². The van der Waals surface area contributed by atoms with Crippen molar-refractivity contribution < 1.29 is 23.8 Å². The molecule has 2 aromatic rings. The first-order valence-corrected chi connectivity index (χ1v) is 7.45. The maximum Gasteiger partial charge on any atom is 0.329 e. The number of rotatable bonds is 5. The molecule has 0 bridgehead atoms. The fraction of sp³-hybridized carbons (Fsp3) is 0.294. The Morgan fingerprint density at radius 1 is 1.30 bits per heavy atom. The highest BCUT2D eigenvalue weighted by atomic mass is 16.7. The number of carbonyl (C=O) groups is 1. The Morgan fingerprint density at radius 2 is 2.13 bits per heavy atom. The van der Waals surface area contributed by atoms with Crippen molar-refractivity contribution in [2.45, 2.75) is 25.6 Å². The van der Waals surface area contributed by atoms with E-state index in [2.05, 4.69) is 4.98 Å². The largest absolute Gasteiger partial charge is 0.478 e. The third kappa shape index (κ3) is 3.98. The first-order chi connectivity index (χ1) is 11.2. The summed E-state index contributed by atoms with van der Waals surface area (Å²) in [6, 6.07) is 7.12. The van der Waals surface area contributed by atoms with E-state index in [0.29, 0.717) is 16.9 Å². The van der Waals surface area contributed by atoms with E-state index in [4.69, 9.17) is 19.0 Å². The number of nitrogens with zero attached hydrogens (tertiary/aromatic N) is 1. The fourth-order valence-corrected chi connectivity index (χ4v) is 2.42. The van der Waals surface area contributed by atoms with Gasteiger partial charge in [0.15, 0.2) is 6.29 Å². The fourth-order valence-electron chi connectivity index (χ4n) is 2.42. The average Bonchev–Trinajstić information content (AvgIpc) is 3.08. The van der Waals surface area contributed by atoms with Gasteiger partial charge in [0, 0.05) is 12.5 Å². The van der Waals surface area contributed by atoms with E-state index in [9.17, 15) is 4.79 Å². The van der Waals surface area contributed by atoms with Gasteiger partial charge in [-0.1, -0.05) is 12.1 Å². The van der Waals surface area contributed by atoms with Crippen LogP contribution in [0.3, 0.4) is 0 Å². The summed E-state index contributed by atoms with van der Waals surface area (Å²) in [5.74, 6) is -0.117. The molecule has 1 N–H and O–H groups in total. The summed E-state index contributed by atoms with van der Waals surface area (Å²) in [5, 5.41) is 9.03. The summed E-state index contributed by atoms with van der Waals surface area (Å²) in [7, 11) is 0. The van der Waals surface area contributed by atoms with Crippen molar-refractivity contribution in [1.29, 1.82) is 0 Å². The van der Waals surface area contributed by atoms with Gasteiger partial charge in [-0.25, -0.2) is 9.78 Å². The van der Waals surface area contributed by atoms with Crippen LogP contribution in [0.4, 0.5) is 0 Å². The molecule has 1 saturated heterocycles. The van der Waals surface area contributed by atoms with Gasteiger partial charge in [-0.3, -0.25) is 0 Å². The van der Waals surface area contributed by atoms with E-state index < -0.39 is 5.97 Å². The summed E-state index contributed by atoms with van der Waals surface area (Å²) < 4.78 is 16.5. The Bertz CT molecular complexity index is 670. The lowest BCUT2D eigenvalue weighted by Gasteiger charge is -2.23. The van der Waals surface area contributed by atoms with Crippen LogP contribution in [-0.4, -0.2) is 29.0 Å². The third-order valence-electron chi connectivity index (χ3n) is 3.50. The number of oxazole rings is 1. The van der Waals surface area contributed by atoms with Gasteiger partial charge < -0.3 is 19.0 Å². The molecule has 0 saturated carbocycles. The van der Waals surface area contributed by atoms with Crippen LogP contribution in [0.2, 0.25) is 0 Å². The van der Waals surface area contributed by atoms with E-state index in [1.807, 2.05) is 0 Å². The maximum absolute atomic E-state index is 11.0. The summed E-state index contributed by atoms with van der Waals surface area (Å²) in [4.78, 5) is 15.0. The highest BCUT2D eigenvalue weighted by molar-refractivity contribution is 5.93. The van der Waals surface area contributed by atoms with Crippen LogP contribution in [0.5, 0.6) is 5.75 Å². The minimum absolute atomic E-state index is 0.213. The molecule has 1 aromatic heterocycles. The van der Waals surface area contributed by atoms with E-state index in [-0.39, 0.29) is 12.2 Å². The lowest BCUT2D eigenvalue weighted by Crippen LogP contribution is -2.24. The molecule has 3 rings (SSSR count). The molecule has 0 amide bonds. The van der Waals surface area contributed by atoms with Crippen molar-refractivity contribution in [3.63, 3.8) is 0 Å². The zero-order valence-corrected chi connectivity index (χ0v) is 12.5. The van der Waals surface area contributed by atoms with Gasteiger partial charge in [-0.2, -0.15) is 0 Å². The molecule has 1 unspecified atom stereocenters. The minimum Gasteiger partial charge on any atom is -0.478 e. The maximum atomic E-state index is 11.0. The number of hydrogen-bond acceptors (Lipinski definition) is 5. The molecular formula is C17H17NO5. The first kappa shape index (κ1) is 15.3. The van der Waals surface area contributed by atoms with Crippen molar-refractivity contribution in [3.05, 3.63) is 54.3 Å². The van der Waals surface area contributed by atoms with Crippen molar-refractivity contribution in [3.8, 4) is 5.75 Å². The highest BCUT2D eigenvalue weighted by Gasteiger charge is 2.16. The van der Waals surface area contributed by atoms with Gasteiger partial charge in [0.25, 0.3) is 0 Å². The zero-order chi connectivity index (χ0) is 16.1. The van der Waals surface area contributed by atoms with Crippen LogP contribution < -0.4 is 4.74 Å². The molecule has 0 aliphatic carbocycles. The molecule has 0 spiro atoms. The number of carboxylic acid groups (broad SMARTS) is 1. The zero-order valence-electron chi connectivity index (χ0n) is 12.5. The lowest BCUT2D eigenvalue weighted by atomic mass is 10.1. The van der Waals surface area contributed by atoms with Gasteiger partial charge in [0.05, 0.1) is 18.4 Å². The monoisotopic (exact) mass is 315 g/mol. The molecule has 1 fully saturated rings. The SMILES string of the molecule is O=C(O)C=C(c1ccc(OC2CCCCO2)cc1)c1ncco1. The quantitative estimate of drug-likeness (QED) is 0.854. The number of aromatic nitrogens is 1. The Kier molecular flexibility index (Phi) is 4.73. The summed E-state index contributed by atoms with van der Waals surface area (Å²) in [6.07, 6.45) is 6.78. The predicted molar refractivity (Wildman–Crippen MR) is 81.9 cm³/mol. The second-order valence-corrected chi connectivity index (χ2v) is 5.17. The number of carboxylic acids is 1. The Balaban J connectivity index is 1.78. The van der Waals surface area contributed by atoms with E-state index in [1.54, 1.807) is 24.3 Å². The third-order valence-corrected chi connectivity index (χ3v) is 3.50. The van der Waals surface area contributed by atoms with E-state index in [1.165, 1.54) is 12.5 Å². The summed E-state index contributed by atoms with van der Waals surface area (Å²) in [5.41, 5.74) is 1.09. The van der Waals surface area contributed by atoms with Gasteiger partial charge >= 0.3 is 5.97 Å². The number of aliphatic carboxylic acids is 1. The van der Waals surface area contributed by atoms with Crippen molar-refractivity contribution in [2.24, 2.45) is 0 Å². The van der Waals surface area contributed by atoms with Crippen LogP contribution in [-0.2, 0) is 9.53 Å². The second kappa shape index (κ2) is 7.11. The Hall–Kier alpha value is -2.60. The molecule has 1 aliphatic rings. The summed E-state index contributed by atoms with van der Waals surface area (Å²) in [6.45, 7) is 0.721. The number of benzene rings is 1. The molecule has 0 radical (unpaired) electrons. The smallest absolute Gasteiger partial charge is 0.329 e. The van der Waals surface area contributed by atoms with Gasteiger partial charge in [-0.05, 0) is 30.5 Å². The minimum atomic E-state index is -1.06. The Labute approximate surface area is 133 Å². The molecule has 23 heavy (non-hydrogen) atoms. The second-order valence-electron chi connectivity index (χ2n) is 5.17. The number of ether oxygens (including phenoxy) is 2. The molecule has 120 valence electrons. The van der Waals surface area contributed by atoms with Gasteiger partial charge in [0.1, 0.15) is 12.0 Å². The van der Waals surface area contributed by atoms with Gasteiger partial charge in [-0.15, -0.1) is 0 Å². The molecule has 1 aromatic carbocycles. The average molecular weight is 315 g/mol. The highest BCUT2D eigenvalue weighted by Crippen LogP contribution is 2.25. The normalized spacial score (nSPS) is 18.6. The van der Waals surface area contributed by atoms with E-state index >= 15 is 0 Å². The molecule has 1 atom stereocenters. The summed E-state index contributed by atoms with van der Waals surface area (Å²) >= 11 is 0. The molecule has 6 heteroatoms. The van der Waals surface area contributed by atoms with Crippen LogP contribution >= 0.6 is 0 Å². The molecule has 2 heterocycles. The van der Waals surface area contributed by atoms with Crippen LogP contribution in [0.15, 0.2) is 47.2 Å². The van der Waals surface area contributed by atoms with Crippen LogP contribution in [0, 0.1) is 0 Å². The van der Waals surface area contributed by atoms with Crippen LogP contribution in [0.25, 0.3) is 5.57 Å². The number of hydrogen-bond donors (Lipinski definition) is 1. The Morgan fingerprint density at radius 3 is 2.74 bits per heavy atom. The lowest BCUT2D eigenvalue weighted by molar-refractivity contribution is -0.131. The first-order valence-electron chi connectivity index (χ1n) is 7.45. The van der Waals surface area contributed by atoms with Gasteiger partial charge in [0.2, 0.25) is 5.89 Å². The van der Waals surface area contributed by atoms with Crippen molar-refractivity contribution in [2.75, 3.05) is 6.61 Å². The molecular weight excluding hydrogens is 298 g/mol. The predicted octanol–water partition coefficient (Wildman–Crippen LogP) is 3.10. The van der Waals surface area contributed by atoms with Crippen LogP contribution in [0.1, 0.15) is 30.7 Å². The standard InChI is InChI=1S/C17H17NO5/c19-15(20)11-14(17-18-8-10-22-17)12-4-6-13(7-5-12)23-16-3-1-2-9-21-16/h4-8,10-11,16H,1-3,9H2,(H,19,20).